The van der Waals surface area contributed by atoms with Crippen LogP contribution in [0, 0.1) is 5.41 Å². The molecule has 7 nitrogen and oxygen atoms in total. The quantitative estimate of drug-likeness (QED) is 0.516. The largest absolute Gasteiger partial charge is 0.481 e. The van der Waals surface area contributed by atoms with Crippen LogP contribution in [0.1, 0.15) is 6.42 Å². The van der Waals surface area contributed by atoms with Crippen molar-refractivity contribution in [3.8, 4) is 0 Å². The van der Waals surface area contributed by atoms with E-state index in [0.717, 1.165) is 0 Å². The number of nitrogens with one attached hydrogen (secondary N) is 1. The number of ether oxygens (including phenoxy) is 1. The van der Waals surface area contributed by atoms with Crippen LogP contribution in [0.2, 0.25) is 0 Å². The molecule has 0 aliphatic carbocycles. The fourth-order valence-electron chi connectivity index (χ4n) is 1.75. The van der Waals surface area contributed by atoms with Gasteiger partial charge in [0.1, 0.15) is 12.4 Å². The molecule has 0 radical (unpaired) electrons. The molecule has 0 aromatic heterocycles. The molecule has 1 aliphatic rings. The average molecular weight is 256 g/mol. The maximum absolute atomic E-state index is 10.9. The minimum atomic E-state index is -1.11. The maximum atomic E-state index is 10.9. The number of hydrogen-bond donors (Lipinski definition) is 3. The van der Waals surface area contributed by atoms with E-state index >= 15 is 0 Å². The molecule has 0 spiro atoms. The van der Waals surface area contributed by atoms with E-state index in [0.29, 0.717) is 18.9 Å². The van der Waals surface area contributed by atoms with Crippen molar-refractivity contribution < 1.29 is 24.5 Å². The van der Waals surface area contributed by atoms with Crippen molar-refractivity contribution in [1.82, 2.24) is 5.32 Å². The van der Waals surface area contributed by atoms with E-state index in [2.05, 4.69) is 16.9 Å². The van der Waals surface area contributed by atoms with Gasteiger partial charge < -0.3 is 20.3 Å². The van der Waals surface area contributed by atoms with Crippen molar-refractivity contribution in [3.63, 3.8) is 0 Å². The van der Waals surface area contributed by atoms with E-state index in [9.17, 15) is 9.59 Å². The summed E-state index contributed by atoms with van der Waals surface area (Å²) in [4.78, 5) is 25.5. The number of carbonyl (C=O) groups is 2. The van der Waals surface area contributed by atoms with Crippen LogP contribution in [0.4, 0.5) is 0 Å². The molecule has 0 aromatic carbocycles. The molecule has 0 saturated heterocycles. The summed E-state index contributed by atoms with van der Waals surface area (Å²) in [5.41, 5.74) is -1.00. The van der Waals surface area contributed by atoms with Gasteiger partial charge in [-0.15, -0.1) is 6.58 Å². The highest BCUT2D eigenvalue weighted by Gasteiger charge is 2.37. The lowest BCUT2D eigenvalue weighted by atomic mass is 9.84. The van der Waals surface area contributed by atoms with Gasteiger partial charge >= 0.3 is 11.9 Å². The molecular formula is C11H16N2O5. The predicted molar refractivity (Wildman–Crippen MR) is 63.6 cm³/mol. The first kappa shape index (κ1) is 14.2. The Bertz CT molecular complexity index is 380. The Hall–Kier alpha value is -1.89. The first-order valence-electron chi connectivity index (χ1n) is 5.44. The van der Waals surface area contributed by atoms with Crippen LogP contribution in [0.3, 0.4) is 0 Å². The number of aliphatic carboxylic acids is 2. The molecule has 18 heavy (non-hydrogen) atoms. The molecule has 0 amide bonds. The lowest BCUT2D eigenvalue weighted by Gasteiger charge is -2.28. The molecule has 100 valence electrons. The first-order chi connectivity index (χ1) is 8.50. The highest BCUT2D eigenvalue weighted by Crippen LogP contribution is 2.27. The van der Waals surface area contributed by atoms with Crippen LogP contribution in [0.5, 0.6) is 0 Å². The molecule has 0 saturated carbocycles. The van der Waals surface area contributed by atoms with Crippen molar-refractivity contribution in [2.45, 2.75) is 6.42 Å². The van der Waals surface area contributed by atoms with Crippen LogP contribution < -0.4 is 5.32 Å². The normalized spacial score (nSPS) is 17.4. The Labute approximate surface area is 104 Å². The van der Waals surface area contributed by atoms with Crippen molar-refractivity contribution in [2.24, 2.45) is 10.4 Å². The van der Waals surface area contributed by atoms with Gasteiger partial charge in [-0.25, -0.2) is 4.79 Å². The highest BCUT2D eigenvalue weighted by atomic mass is 16.5. The van der Waals surface area contributed by atoms with Gasteiger partial charge in [0.2, 0.25) is 0 Å². The number of rotatable bonds is 8. The Kier molecular flexibility index (Phi) is 4.85. The SMILES string of the molecule is C=CC(COCC(=O)O)(CC(=O)O)C1=NCCN1. The molecular weight excluding hydrogens is 240 g/mol. The van der Waals surface area contributed by atoms with Gasteiger partial charge in [0, 0.05) is 6.54 Å². The Morgan fingerprint density at radius 3 is 2.67 bits per heavy atom. The second-order valence-electron chi connectivity index (χ2n) is 3.97. The third-order valence-corrected chi connectivity index (χ3v) is 2.59. The molecule has 0 bridgehead atoms. The van der Waals surface area contributed by atoms with Crippen molar-refractivity contribution in [2.75, 3.05) is 26.3 Å². The van der Waals surface area contributed by atoms with Gasteiger partial charge in [-0.05, 0) is 0 Å². The molecule has 1 aliphatic heterocycles. The van der Waals surface area contributed by atoms with Gasteiger partial charge in [0.15, 0.2) is 0 Å². The van der Waals surface area contributed by atoms with E-state index in [4.69, 9.17) is 14.9 Å². The minimum absolute atomic E-state index is 0.0824. The molecule has 1 atom stereocenters. The van der Waals surface area contributed by atoms with Crippen LogP contribution in [0.15, 0.2) is 17.6 Å². The summed E-state index contributed by atoms with van der Waals surface area (Å²) in [5.74, 6) is -1.64. The second-order valence-corrected chi connectivity index (χ2v) is 3.97. The summed E-state index contributed by atoms with van der Waals surface area (Å²) in [6, 6.07) is 0. The Morgan fingerprint density at radius 2 is 2.22 bits per heavy atom. The van der Waals surface area contributed by atoms with E-state index in [1.807, 2.05) is 0 Å². The first-order valence-corrected chi connectivity index (χ1v) is 5.44. The molecule has 3 N–H and O–H groups in total. The lowest BCUT2D eigenvalue weighted by Crippen LogP contribution is -2.42. The average Bonchev–Trinajstić information content (AvgIpc) is 2.80. The van der Waals surface area contributed by atoms with Crippen molar-refractivity contribution >= 4 is 17.8 Å². The summed E-state index contributed by atoms with van der Waals surface area (Å²) in [7, 11) is 0. The molecule has 1 unspecified atom stereocenters. The van der Waals surface area contributed by atoms with Gasteiger partial charge in [0.25, 0.3) is 0 Å². The number of carboxylic acid groups (broad SMARTS) is 2. The predicted octanol–water partition coefficient (Wildman–Crippen LogP) is -0.264. The van der Waals surface area contributed by atoms with Crippen LogP contribution in [0.25, 0.3) is 0 Å². The van der Waals surface area contributed by atoms with Crippen LogP contribution >= 0.6 is 0 Å². The summed E-state index contributed by atoms with van der Waals surface area (Å²) < 4.78 is 5.01. The number of hydrogen-bond acceptors (Lipinski definition) is 5. The Morgan fingerprint density at radius 1 is 1.50 bits per heavy atom. The maximum Gasteiger partial charge on any atom is 0.329 e. The van der Waals surface area contributed by atoms with E-state index < -0.39 is 24.0 Å². The number of amidine groups is 1. The van der Waals surface area contributed by atoms with Crippen molar-refractivity contribution in [3.05, 3.63) is 12.7 Å². The van der Waals surface area contributed by atoms with Crippen molar-refractivity contribution in [1.29, 1.82) is 0 Å². The van der Waals surface area contributed by atoms with Crippen LogP contribution in [-0.4, -0.2) is 54.3 Å². The van der Waals surface area contributed by atoms with E-state index in [-0.39, 0.29) is 13.0 Å². The molecule has 1 rings (SSSR count). The van der Waals surface area contributed by atoms with E-state index in [1.165, 1.54) is 6.08 Å². The third kappa shape index (κ3) is 3.56. The smallest absolute Gasteiger partial charge is 0.329 e. The zero-order valence-corrected chi connectivity index (χ0v) is 9.89. The summed E-state index contributed by atoms with van der Waals surface area (Å²) in [5, 5.41) is 20.4. The standard InChI is InChI=1S/C11H16N2O5/c1-2-11(5-8(14)15,7-18-6-9(16)17)10-12-3-4-13-10/h2H,1,3-7H2,(H,12,13)(H,14,15)(H,16,17). The number of carboxylic acids is 2. The van der Waals surface area contributed by atoms with Gasteiger partial charge in [-0.3, -0.25) is 9.79 Å². The number of nitrogens with zero attached hydrogens (tertiary/aromatic N) is 1. The van der Waals surface area contributed by atoms with E-state index in [1.54, 1.807) is 0 Å². The molecule has 0 aromatic rings. The molecule has 0 fully saturated rings. The van der Waals surface area contributed by atoms with Crippen LogP contribution in [-0.2, 0) is 14.3 Å². The highest BCUT2D eigenvalue weighted by molar-refractivity contribution is 5.94. The van der Waals surface area contributed by atoms with Gasteiger partial charge in [-0.1, -0.05) is 6.08 Å². The lowest BCUT2D eigenvalue weighted by molar-refractivity contribution is -0.143. The fraction of sp³-hybridized carbons (Fsp3) is 0.545. The topological polar surface area (TPSA) is 108 Å². The zero-order chi connectivity index (χ0) is 13.6. The zero-order valence-electron chi connectivity index (χ0n) is 9.89. The van der Waals surface area contributed by atoms with Gasteiger partial charge in [-0.2, -0.15) is 0 Å². The van der Waals surface area contributed by atoms with Gasteiger partial charge in [0.05, 0.1) is 25.0 Å². The Balaban J connectivity index is 2.80. The minimum Gasteiger partial charge on any atom is -0.481 e. The summed E-state index contributed by atoms with van der Waals surface area (Å²) in [6.07, 6.45) is 1.20. The monoisotopic (exact) mass is 256 g/mol. The molecule has 1 heterocycles. The molecule has 7 heteroatoms. The number of aliphatic imine (C=N–C) groups is 1. The summed E-state index contributed by atoms with van der Waals surface area (Å²) >= 11 is 0. The second kappa shape index (κ2) is 6.15. The third-order valence-electron chi connectivity index (χ3n) is 2.59. The fourth-order valence-corrected chi connectivity index (χ4v) is 1.75. The summed E-state index contributed by atoms with van der Waals surface area (Å²) in [6.45, 7) is 4.24.